The van der Waals surface area contributed by atoms with Crippen molar-refractivity contribution < 1.29 is 4.79 Å². The van der Waals surface area contributed by atoms with Gasteiger partial charge in [0.15, 0.2) is 0 Å². The summed E-state index contributed by atoms with van der Waals surface area (Å²) in [6.07, 6.45) is 1.05. The molecule has 20 heavy (non-hydrogen) atoms. The van der Waals surface area contributed by atoms with Crippen molar-refractivity contribution in [3.63, 3.8) is 0 Å². The van der Waals surface area contributed by atoms with E-state index in [-0.39, 0.29) is 5.78 Å². The molecule has 0 aliphatic rings. The van der Waals surface area contributed by atoms with Gasteiger partial charge in [-0.15, -0.1) is 0 Å². The van der Waals surface area contributed by atoms with E-state index in [2.05, 4.69) is 64.1 Å². The first kappa shape index (κ1) is 14.5. The number of hydrogen-bond donors (Lipinski definition) is 0. The summed E-state index contributed by atoms with van der Waals surface area (Å²) in [6, 6.07) is 12.7. The lowest BCUT2D eigenvalue weighted by molar-refractivity contribution is -0.117. The largest absolute Gasteiger partial charge is 0.299 e. The minimum absolute atomic E-state index is 0.278. The highest BCUT2D eigenvalue weighted by molar-refractivity contribution is 5.83. The van der Waals surface area contributed by atoms with Gasteiger partial charge in [-0.2, -0.15) is 0 Å². The topological polar surface area (TPSA) is 17.1 Å². The average Bonchev–Trinajstić information content (AvgIpc) is 2.24. The van der Waals surface area contributed by atoms with Crippen LogP contribution >= 0.6 is 0 Å². The number of hydrogen-bond acceptors (Lipinski definition) is 1. The Morgan fingerprint density at radius 1 is 0.650 bits per heavy atom. The van der Waals surface area contributed by atoms with Crippen molar-refractivity contribution in [3.8, 4) is 0 Å². The van der Waals surface area contributed by atoms with Gasteiger partial charge < -0.3 is 0 Å². The van der Waals surface area contributed by atoms with Crippen LogP contribution in [0.4, 0.5) is 0 Å². The van der Waals surface area contributed by atoms with Crippen LogP contribution in [0.2, 0.25) is 0 Å². The molecule has 0 fully saturated rings. The number of carbonyl (C=O) groups excluding carboxylic acids is 1. The molecule has 104 valence electrons. The summed E-state index contributed by atoms with van der Waals surface area (Å²) in [6.45, 7) is 8.30. The third-order valence-corrected chi connectivity index (χ3v) is 3.37. The van der Waals surface area contributed by atoms with E-state index in [1.165, 1.54) is 22.3 Å². The highest BCUT2D eigenvalue weighted by Gasteiger charge is 2.07. The van der Waals surface area contributed by atoms with Crippen molar-refractivity contribution >= 4 is 5.78 Å². The summed E-state index contributed by atoms with van der Waals surface area (Å²) in [5.41, 5.74) is 7.13. The summed E-state index contributed by atoms with van der Waals surface area (Å²) < 4.78 is 0. The fraction of sp³-hybridized carbons (Fsp3) is 0.316. The Morgan fingerprint density at radius 2 is 0.950 bits per heavy atom. The van der Waals surface area contributed by atoms with Crippen molar-refractivity contribution in [2.45, 2.75) is 40.5 Å². The molecule has 0 aliphatic carbocycles. The Hall–Kier alpha value is -1.89. The van der Waals surface area contributed by atoms with Gasteiger partial charge >= 0.3 is 0 Å². The van der Waals surface area contributed by atoms with Crippen LogP contribution in [-0.2, 0) is 17.6 Å². The van der Waals surface area contributed by atoms with Crippen molar-refractivity contribution in [2.75, 3.05) is 0 Å². The monoisotopic (exact) mass is 266 g/mol. The molecule has 0 saturated carbocycles. The van der Waals surface area contributed by atoms with Crippen LogP contribution in [0, 0.1) is 27.7 Å². The Kier molecular flexibility index (Phi) is 4.39. The normalized spacial score (nSPS) is 10.6. The summed E-state index contributed by atoms with van der Waals surface area (Å²) in [7, 11) is 0. The lowest BCUT2D eigenvalue weighted by atomic mass is 9.98. The summed E-state index contributed by atoms with van der Waals surface area (Å²) in [5, 5.41) is 0. The molecule has 0 amide bonds. The van der Waals surface area contributed by atoms with Crippen LogP contribution in [-0.4, -0.2) is 5.78 Å². The van der Waals surface area contributed by atoms with Crippen molar-refractivity contribution in [1.29, 1.82) is 0 Å². The number of Topliss-reactive ketones (excluding diaryl/α,β-unsaturated/α-hetero) is 1. The van der Waals surface area contributed by atoms with Gasteiger partial charge in [-0.3, -0.25) is 4.79 Å². The molecular formula is C19H22O. The minimum Gasteiger partial charge on any atom is -0.299 e. The number of aryl methyl sites for hydroxylation is 4. The van der Waals surface area contributed by atoms with Gasteiger partial charge in [-0.05, 0) is 38.8 Å². The van der Waals surface area contributed by atoms with E-state index in [1.54, 1.807) is 0 Å². The van der Waals surface area contributed by atoms with Gasteiger partial charge in [0.05, 0.1) is 0 Å². The van der Waals surface area contributed by atoms with Gasteiger partial charge in [-0.1, -0.05) is 58.7 Å². The maximum Gasteiger partial charge on any atom is 0.141 e. The zero-order chi connectivity index (χ0) is 14.7. The fourth-order valence-corrected chi connectivity index (χ4v) is 2.86. The standard InChI is InChI=1S/C19H22O/c1-13-5-14(2)8-17(7-13)11-19(20)12-18-9-15(3)6-16(4)10-18/h5-10H,11-12H2,1-4H3. The van der Waals surface area contributed by atoms with Crippen molar-refractivity contribution in [1.82, 2.24) is 0 Å². The number of ketones is 1. The molecule has 1 heteroatoms. The Morgan fingerprint density at radius 3 is 1.25 bits per heavy atom. The first-order chi connectivity index (χ1) is 9.42. The summed E-state index contributed by atoms with van der Waals surface area (Å²) >= 11 is 0. The van der Waals surface area contributed by atoms with Crippen LogP contribution in [0.15, 0.2) is 36.4 Å². The van der Waals surface area contributed by atoms with E-state index in [9.17, 15) is 4.79 Å². The third kappa shape index (κ3) is 4.06. The molecule has 1 nitrogen and oxygen atoms in total. The molecule has 0 radical (unpaired) electrons. The van der Waals surface area contributed by atoms with Crippen LogP contribution in [0.1, 0.15) is 33.4 Å². The van der Waals surface area contributed by atoms with Crippen molar-refractivity contribution in [2.24, 2.45) is 0 Å². The lowest BCUT2D eigenvalue weighted by Gasteiger charge is -2.06. The summed E-state index contributed by atoms with van der Waals surface area (Å²) in [5.74, 6) is 0.278. The Labute approximate surface area is 121 Å². The molecule has 0 heterocycles. The molecule has 0 aliphatic heterocycles. The number of benzene rings is 2. The van der Waals surface area contributed by atoms with E-state index in [0.717, 1.165) is 11.1 Å². The van der Waals surface area contributed by atoms with Gasteiger partial charge in [0.2, 0.25) is 0 Å². The molecule has 0 spiro atoms. The van der Waals surface area contributed by atoms with Crippen LogP contribution < -0.4 is 0 Å². The highest BCUT2D eigenvalue weighted by Crippen LogP contribution is 2.13. The van der Waals surface area contributed by atoms with E-state index >= 15 is 0 Å². The second kappa shape index (κ2) is 6.04. The Balaban J connectivity index is 2.08. The molecule has 0 atom stereocenters. The van der Waals surface area contributed by atoms with E-state index < -0.39 is 0 Å². The zero-order valence-electron chi connectivity index (χ0n) is 12.8. The minimum atomic E-state index is 0.278. The molecule has 0 aromatic heterocycles. The van der Waals surface area contributed by atoms with Gasteiger partial charge in [0.25, 0.3) is 0 Å². The second-order valence-electron chi connectivity index (χ2n) is 5.88. The molecule has 0 unspecified atom stereocenters. The molecule has 0 bridgehead atoms. The third-order valence-electron chi connectivity index (χ3n) is 3.37. The lowest BCUT2D eigenvalue weighted by Crippen LogP contribution is -2.07. The van der Waals surface area contributed by atoms with E-state index in [0.29, 0.717) is 12.8 Å². The van der Waals surface area contributed by atoms with Gasteiger partial charge in [0, 0.05) is 12.8 Å². The molecule has 0 saturated heterocycles. The predicted molar refractivity (Wildman–Crippen MR) is 84.2 cm³/mol. The van der Waals surface area contributed by atoms with Crippen LogP contribution in [0.3, 0.4) is 0 Å². The molecule has 2 rings (SSSR count). The average molecular weight is 266 g/mol. The van der Waals surface area contributed by atoms with Crippen molar-refractivity contribution in [3.05, 3.63) is 69.8 Å². The van der Waals surface area contributed by atoms with Gasteiger partial charge in [-0.25, -0.2) is 0 Å². The fourth-order valence-electron chi connectivity index (χ4n) is 2.86. The number of carbonyl (C=O) groups is 1. The molecule has 0 N–H and O–H groups in total. The highest BCUT2D eigenvalue weighted by atomic mass is 16.1. The smallest absolute Gasteiger partial charge is 0.141 e. The van der Waals surface area contributed by atoms with Crippen LogP contribution in [0.25, 0.3) is 0 Å². The Bertz CT molecular complexity index is 542. The van der Waals surface area contributed by atoms with Gasteiger partial charge in [0.1, 0.15) is 5.78 Å². The van der Waals surface area contributed by atoms with E-state index in [4.69, 9.17) is 0 Å². The van der Waals surface area contributed by atoms with Crippen LogP contribution in [0.5, 0.6) is 0 Å². The molecule has 2 aromatic rings. The maximum atomic E-state index is 12.2. The first-order valence-electron chi connectivity index (χ1n) is 7.08. The quantitative estimate of drug-likeness (QED) is 0.807. The number of rotatable bonds is 4. The molecular weight excluding hydrogens is 244 g/mol. The maximum absolute atomic E-state index is 12.2. The zero-order valence-corrected chi connectivity index (χ0v) is 12.8. The first-order valence-corrected chi connectivity index (χ1v) is 7.08. The SMILES string of the molecule is Cc1cc(C)cc(CC(=O)Cc2cc(C)cc(C)c2)c1. The summed E-state index contributed by atoms with van der Waals surface area (Å²) in [4.78, 5) is 12.2. The predicted octanol–water partition coefficient (Wildman–Crippen LogP) is 4.27. The second-order valence-corrected chi connectivity index (χ2v) is 5.88. The van der Waals surface area contributed by atoms with E-state index in [1.807, 2.05) is 0 Å². The molecule has 2 aromatic carbocycles.